The maximum absolute atomic E-state index is 12.9. The van der Waals surface area contributed by atoms with Crippen LogP contribution in [0.5, 0.6) is 5.75 Å². The fraction of sp³-hybridized carbons (Fsp3) is 0.571. The van der Waals surface area contributed by atoms with E-state index in [9.17, 15) is 4.79 Å². The minimum atomic E-state index is 0.208. The van der Waals surface area contributed by atoms with Crippen molar-refractivity contribution in [1.29, 1.82) is 0 Å². The number of fused-ring (bicyclic) bond motifs is 1. The second-order valence-electron chi connectivity index (χ2n) is 7.83. The molecule has 5 heteroatoms. The summed E-state index contributed by atoms with van der Waals surface area (Å²) in [5, 5.41) is 4.69. The molecule has 1 aromatic heterocycles. The number of benzene rings is 1. The first-order valence-electron chi connectivity index (χ1n) is 9.83. The molecule has 2 fully saturated rings. The normalized spacial score (nSPS) is 24.8. The lowest BCUT2D eigenvalue weighted by Crippen LogP contribution is -2.46. The lowest BCUT2D eigenvalue weighted by molar-refractivity contribution is -0.137. The van der Waals surface area contributed by atoms with E-state index in [4.69, 9.17) is 4.74 Å². The number of piperidine rings is 2. The Labute approximate surface area is 155 Å². The molecular formula is C21H29N3O2. The number of aromatic amines is 1. The van der Waals surface area contributed by atoms with Gasteiger partial charge in [-0.25, -0.2) is 0 Å². The fourth-order valence-corrected chi connectivity index (χ4v) is 4.61. The summed E-state index contributed by atoms with van der Waals surface area (Å²) in [7, 11) is 1.71. The molecule has 1 amide bonds. The average Bonchev–Trinajstić information content (AvgIpc) is 3.10. The zero-order valence-electron chi connectivity index (χ0n) is 15.8. The van der Waals surface area contributed by atoms with Crippen molar-refractivity contribution >= 4 is 16.8 Å². The van der Waals surface area contributed by atoms with Crippen molar-refractivity contribution in [3.8, 4) is 5.75 Å². The summed E-state index contributed by atoms with van der Waals surface area (Å²) in [6, 6.07) is 6.64. The summed E-state index contributed by atoms with van der Waals surface area (Å²) in [5.74, 6) is 1.98. The molecule has 26 heavy (non-hydrogen) atoms. The molecule has 1 aromatic carbocycles. The molecule has 0 spiro atoms. The van der Waals surface area contributed by atoms with Crippen LogP contribution >= 0.6 is 0 Å². The molecule has 2 N–H and O–H groups in total. The molecule has 0 bridgehead atoms. The Balaban J connectivity index is 1.43. The van der Waals surface area contributed by atoms with Gasteiger partial charge in [0.25, 0.3) is 0 Å². The number of amides is 1. The highest BCUT2D eigenvalue weighted by molar-refractivity contribution is 5.85. The third kappa shape index (κ3) is 3.32. The maximum Gasteiger partial charge on any atom is 0.225 e. The first kappa shape index (κ1) is 17.4. The summed E-state index contributed by atoms with van der Waals surface area (Å²) < 4.78 is 5.39. The van der Waals surface area contributed by atoms with E-state index in [0.29, 0.717) is 17.9 Å². The van der Waals surface area contributed by atoms with E-state index in [1.54, 1.807) is 7.11 Å². The van der Waals surface area contributed by atoms with Crippen LogP contribution in [-0.4, -0.2) is 48.6 Å². The summed E-state index contributed by atoms with van der Waals surface area (Å²) in [4.78, 5) is 18.4. The van der Waals surface area contributed by atoms with E-state index >= 15 is 0 Å². The van der Waals surface area contributed by atoms with Crippen molar-refractivity contribution in [1.82, 2.24) is 15.2 Å². The van der Waals surface area contributed by atoms with Crippen LogP contribution in [0.2, 0.25) is 0 Å². The van der Waals surface area contributed by atoms with Gasteiger partial charge < -0.3 is 19.9 Å². The highest BCUT2D eigenvalue weighted by Crippen LogP contribution is 2.35. The van der Waals surface area contributed by atoms with Gasteiger partial charge in [-0.05, 0) is 68.8 Å². The van der Waals surface area contributed by atoms with Crippen molar-refractivity contribution in [2.45, 2.75) is 44.6 Å². The molecular weight excluding hydrogens is 326 g/mol. The summed E-state index contributed by atoms with van der Waals surface area (Å²) in [5.41, 5.74) is 2.52. The quantitative estimate of drug-likeness (QED) is 0.888. The number of carbonyl (C=O) groups excluding carboxylic acids is 1. The second-order valence-corrected chi connectivity index (χ2v) is 7.83. The van der Waals surface area contributed by atoms with Gasteiger partial charge in [0.1, 0.15) is 5.75 Å². The smallest absolute Gasteiger partial charge is 0.225 e. The number of aromatic nitrogens is 1. The van der Waals surface area contributed by atoms with E-state index in [1.165, 1.54) is 10.9 Å². The number of rotatable bonds is 3. The molecule has 2 aliphatic rings. The van der Waals surface area contributed by atoms with Crippen LogP contribution in [0, 0.1) is 5.92 Å². The first-order valence-corrected chi connectivity index (χ1v) is 9.83. The Morgan fingerprint density at radius 1 is 1.23 bits per heavy atom. The molecule has 0 aliphatic carbocycles. The van der Waals surface area contributed by atoms with Crippen LogP contribution < -0.4 is 10.1 Å². The number of nitrogens with zero attached hydrogens (tertiary/aromatic N) is 1. The highest BCUT2D eigenvalue weighted by Gasteiger charge is 2.31. The van der Waals surface area contributed by atoms with Crippen LogP contribution in [0.15, 0.2) is 24.4 Å². The molecule has 3 heterocycles. The number of H-pyrrole nitrogens is 1. The topological polar surface area (TPSA) is 57.4 Å². The number of nitrogens with one attached hydrogen (secondary N) is 2. The number of carbonyl (C=O) groups is 1. The van der Waals surface area contributed by atoms with E-state index in [-0.39, 0.29) is 5.92 Å². The fourth-order valence-electron chi connectivity index (χ4n) is 4.61. The third-order valence-corrected chi connectivity index (χ3v) is 6.14. The van der Waals surface area contributed by atoms with Crippen molar-refractivity contribution in [3.63, 3.8) is 0 Å². The van der Waals surface area contributed by atoms with Gasteiger partial charge >= 0.3 is 0 Å². The van der Waals surface area contributed by atoms with Crippen LogP contribution in [0.1, 0.15) is 44.1 Å². The van der Waals surface area contributed by atoms with Gasteiger partial charge in [0.2, 0.25) is 5.91 Å². The summed E-state index contributed by atoms with van der Waals surface area (Å²) >= 11 is 0. The lowest BCUT2D eigenvalue weighted by Gasteiger charge is -2.36. The molecule has 0 saturated carbocycles. The van der Waals surface area contributed by atoms with Gasteiger partial charge in [-0.2, -0.15) is 0 Å². The summed E-state index contributed by atoms with van der Waals surface area (Å²) in [6.45, 7) is 4.89. The number of methoxy groups -OCH3 is 1. The van der Waals surface area contributed by atoms with Crippen LogP contribution in [-0.2, 0) is 4.79 Å². The van der Waals surface area contributed by atoms with Gasteiger partial charge in [-0.15, -0.1) is 0 Å². The van der Waals surface area contributed by atoms with Crippen LogP contribution in [0.3, 0.4) is 0 Å². The molecule has 2 saturated heterocycles. The minimum Gasteiger partial charge on any atom is -0.497 e. The van der Waals surface area contributed by atoms with E-state index in [1.807, 2.05) is 6.07 Å². The predicted octanol–water partition coefficient (Wildman–Crippen LogP) is 3.27. The molecule has 140 valence electrons. The maximum atomic E-state index is 12.9. The lowest BCUT2D eigenvalue weighted by atomic mass is 9.87. The van der Waals surface area contributed by atoms with Gasteiger partial charge in [-0.3, -0.25) is 4.79 Å². The molecule has 2 aliphatic heterocycles. The number of hydrogen-bond acceptors (Lipinski definition) is 3. The van der Waals surface area contributed by atoms with Crippen molar-refractivity contribution in [3.05, 3.63) is 30.0 Å². The van der Waals surface area contributed by atoms with Crippen molar-refractivity contribution < 1.29 is 9.53 Å². The Bertz CT molecular complexity index is 777. The number of likely N-dealkylation sites (tertiary alicyclic amines) is 1. The molecule has 5 nitrogen and oxygen atoms in total. The SMILES string of the molecule is COc1ccc2[nH]cc(C3CCN(C(=O)[C@H]4CCN[C@@H](C)C4)CC3)c2c1. The average molecular weight is 355 g/mol. The summed E-state index contributed by atoms with van der Waals surface area (Å²) in [6.07, 6.45) is 6.17. The first-order chi connectivity index (χ1) is 12.7. The Morgan fingerprint density at radius 3 is 2.77 bits per heavy atom. The molecule has 0 unspecified atom stereocenters. The Hall–Kier alpha value is -2.01. The molecule has 4 rings (SSSR count). The highest BCUT2D eigenvalue weighted by atomic mass is 16.5. The van der Waals surface area contributed by atoms with Gasteiger partial charge in [-0.1, -0.05) is 0 Å². The number of hydrogen-bond donors (Lipinski definition) is 2. The largest absolute Gasteiger partial charge is 0.497 e. The molecule has 0 radical (unpaired) electrons. The number of ether oxygens (including phenoxy) is 1. The van der Waals surface area contributed by atoms with Crippen LogP contribution in [0.25, 0.3) is 10.9 Å². The molecule has 2 atom stereocenters. The monoisotopic (exact) mass is 355 g/mol. The molecule has 2 aromatic rings. The van der Waals surface area contributed by atoms with E-state index in [0.717, 1.165) is 56.6 Å². The third-order valence-electron chi connectivity index (χ3n) is 6.14. The predicted molar refractivity (Wildman–Crippen MR) is 104 cm³/mol. The zero-order chi connectivity index (χ0) is 18.1. The van der Waals surface area contributed by atoms with E-state index in [2.05, 4.69) is 40.5 Å². The standard InChI is InChI=1S/C21H29N3O2/c1-14-11-16(5-8-22-14)21(25)24-9-6-15(7-10-24)19-13-23-20-4-3-17(26-2)12-18(19)20/h3-4,12-16,22-23H,5-11H2,1-2H3/t14-,16-/m0/s1. The van der Waals surface area contributed by atoms with Crippen molar-refractivity contribution in [2.24, 2.45) is 5.92 Å². The zero-order valence-corrected chi connectivity index (χ0v) is 15.8. The van der Waals surface area contributed by atoms with Crippen molar-refractivity contribution in [2.75, 3.05) is 26.7 Å². The van der Waals surface area contributed by atoms with Gasteiger partial charge in [0, 0.05) is 42.1 Å². The Morgan fingerprint density at radius 2 is 2.04 bits per heavy atom. The van der Waals surface area contributed by atoms with Gasteiger partial charge in [0.05, 0.1) is 7.11 Å². The van der Waals surface area contributed by atoms with Gasteiger partial charge in [0.15, 0.2) is 0 Å². The van der Waals surface area contributed by atoms with Crippen LogP contribution in [0.4, 0.5) is 0 Å². The second kappa shape index (κ2) is 7.31. The minimum absolute atomic E-state index is 0.208. The Kier molecular flexibility index (Phi) is 4.90. The van der Waals surface area contributed by atoms with E-state index < -0.39 is 0 Å².